The molecule has 0 amide bonds. The van der Waals surface area contributed by atoms with Crippen molar-refractivity contribution in [2.75, 3.05) is 14.1 Å². The van der Waals surface area contributed by atoms with E-state index in [-0.39, 0.29) is 5.70 Å². The summed E-state index contributed by atoms with van der Waals surface area (Å²) in [5.41, 5.74) is 0.766. The molecule has 0 bridgehead atoms. The van der Waals surface area contributed by atoms with Crippen LogP contribution < -0.4 is 0 Å². The van der Waals surface area contributed by atoms with E-state index in [1.165, 1.54) is 19.9 Å². The molecule has 0 aromatic carbocycles. The van der Waals surface area contributed by atoms with Gasteiger partial charge in [-0.1, -0.05) is 0 Å². The summed E-state index contributed by atoms with van der Waals surface area (Å²) >= 11 is 0. The summed E-state index contributed by atoms with van der Waals surface area (Å²) in [5, 5.41) is 21.5. The van der Waals surface area contributed by atoms with Crippen molar-refractivity contribution in [1.82, 2.24) is 4.90 Å². The average Bonchev–Trinajstić information content (AvgIpc) is 2.31. The van der Waals surface area contributed by atoms with Gasteiger partial charge in [0.2, 0.25) is 11.7 Å². The Balaban J connectivity index is 5.53. The molecule has 0 aliphatic heterocycles. The van der Waals surface area contributed by atoms with Crippen molar-refractivity contribution in [1.29, 1.82) is 0 Å². The predicted octanol–water partition coefficient (Wildman–Crippen LogP) is 2.22. The first kappa shape index (κ1) is 16.8. The van der Waals surface area contributed by atoms with Crippen LogP contribution in [0.4, 0.5) is 0 Å². The topological polar surface area (TPSA) is 89.5 Å². The third-order valence-electron chi connectivity index (χ3n) is 2.60. The smallest absolute Gasteiger partial charge is 0.250 e. The van der Waals surface area contributed by atoms with Gasteiger partial charge in [-0.05, 0) is 25.3 Å². The summed E-state index contributed by atoms with van der Waals surface area (Å²) in [6.45, 7) is 4.40. The van der Waals surface area contributed by atoms with E-state index in [1.54, 1.807) is 38.2 Å². The van der Waals surface area contributed by atoms with Crippen LogP contribution in [0.2, 0.25) is 0 Å². The number of hydrogen-bond donors (Lipinski definition) is 0. The standard InChI is InChI=1S/C12H19N3O4/c1-9(10(2)14(16)17)8-12(6-7-13(4)5)11(3)15(18)19/h6-8,10H,1-5H3/b7-6-,9-8-,12-11+. The molecule has 106 valence electrons. The molecule has 1 atom stereocenters. The highest BCUT2D eigenvalue weighted by Gasteiger charge is 2.17. The lowest BCUT2D eigenvalue weighted by molar-refractivity contribution is -0.507. The van der Waals surface area contributed by atoms with Crippen molar-refractivity contribution in [3.05, 3.63) is 55.4 Å². The minimum Gasteiger partial charge on any atom is -0.383 e. The molecule has 0 aliphatic carbocycles. The van der Waals surface area contributed by atoms with Gasteiger partial charge in [-0.3, -0.25) is 20.2 Å². The van der Waals surface area contributed by atoms with Crippen molar-refractivity contribution < 1.29 is 9.85 Å². The van der Waals surface area contributed by atoms with Crippen molar-refractivity contribution in [2.24, 2.45) is 0 Å². The maximum atomic E-state index is 10.8. The van der Waals surface area contributed by atoms with Crippen molar-refractivity contribution in [2.45, 2.75) is 26.8 Å². The monoisotopic (exact) mass is 269 g/mol. The Kier molecular flexibility index (Phi) is 6.46. The van der Waals surface area contributed by atoms with Gasteiger partial charge in [0, 0.05) is 44.0 Å². The Morgan fingerprint density at radius 1 is 1.21 bits per heavy atom. The van der Waals surface area contributed by atoms with E-state index in [1.807, 2.05) is 0 Å². The molecule has 0 saturated carbocycles. The van der Waals surface area contributed by atoms with Crippen molar-refractivity contribution in [3.63, 3.8) is 0 Å². The number of rotatable bonds is 6. The number of nitrogens with zero attached hydrogens (tertiary/aromatic N) is 3. The summed E-state index contributed by atoms with van der Waals surface area (Å²) in [6.07, 6.45) is 4.70. The first-order valence-electron chi connectivity index (χ1n) is 5.68. The number of hydrogen-bond acceptors (Lipinski definition) is 5. The molecule has 0 rings (SSSR count). The summed E-state index contributed by atoms with van der Waals surface area (Å²) in [6, 6.07) is -0.873. The Bertz CT molecular complexity index is 450. The molecule has 0 radical (unpaired) electrons. The Morgan fingerprint density at radius 3 is 2.11 bits per heavy atom. The van der Waals surface area contributed by atoms with Crippen LogP contribution in [0, 0.1) is 20.2 Å². The van der Waals surface area contributed by atoms with Gasteiger partial charge in [0.1, 0.15) is 0 Å². The lowest BCUT2D eigenvalue weighted by atomic mass is 10.1. The zero-order chi connectivity index (χ0) is 15.2. The molecule has 19 heavy (non-hydrogen) atoms. The fourth-order valence-electron chi connectivity index (χ4n) is 1.14. The van der Waals surface area contributed by atoms with Crippen molar-refractivity contribution in [3.8, 4) is 0 Å². The van der Waals surface area contributed by atoms with E-state index in [2.05, 4.69) is 0 Å². The van der Waals surface area contributed by atoms with Crippen LogP contribution in [0.1, 0.15) is 20.8 Å². The Hall–Kier alpha value is -2.18. The fourth-order valence-corrected chi connectivity index (χ4v) is 1.14. The molecule has 0 fully saturated rings. The first-order chi connectivity index (χ1) is 8.66. The van der Waals surface area contributed by atoms with Gasteiger partial charge >= 0.3 is 0 Å². The fraction of sp³-hybridized carbons (Fsp3) is 0.500. The molecule has 1 unspecified atom stereocenters. The lowest BCUT2D eigenvalue weighted by Crippen LogP contribution is -2.16. The van der Waals surface area contributed by atoms with Crippen LogP contribution in [-0.2, 0) is 0 Å². The summed E-state index contributed by atoms with van der Waals surface area (Å²) in [7, 11) is 3.57. The number of allylic oxidation sites excluding steroid dienone is 4. The maximum Gasteiger partial charge on any atom is 0.250 e. The van der Waals surface area contributed by atoms with Gasteiger partial charge < -0.3 is 4.90 Å². The highest BCUT2D eigenvalue weighted by molar-refractivity contribution is 5.35. The van der Waals surface area contributed by atoms with Crippen LogP contribution in [0.5, 0.6) is 0 Å². The third kappa shape index (κ3) is 5.80. The Labute approximate surface area is 112 Å². The van der Waals surface area contributed by atoms with Crippen molar-refractivity contribution >= 4 is 0 Å². The van der Waals surface area contributed by atoms with E-state index >= 15 is 0 Å². The van der Waals surface area contributed by atoms with Gasteiger partial charge in [-0.25, -0.2) is 0 Å². The molecule has 0 aromatic heterocycles. The normalized spacial score (nSPS) is 15.1. The molecule has 0 aromatic rings. The molecule has 0 aliphatic rings. The van der Waals surface area contributed by atoms with E-state index in [0.717, 1.165) is 0 Å². The summed E-state index contributed by atoms with van der Waals surface area (Å²) in [4.78, 5) is 22.3. The van der Waals surface area contributed by atoms with E-state index < -0.39 is 15.9 Å². The third-order valence-corrected chi connectivity index (χ3v) is 2.60. The Morgan fingerprint density at radius 2 is 1.74 bits per heavy atom. The zero-order valence-electron chi connectivity index (χ0n) is 11.8. The SMILES string of the molecule is C/C(=C/C(/C=C\N(C)C)=C(\C)[N+](=O)[O-])C(C)[N+](=O)[O-]. The summed E-state index contributed by atoms with van der Waals surface area (Å²) in [5.74, 6) is 0. The lowest BCUT2D eigenvalue weighted by Gasteiger charge is -2.06. The second kappa shape index (κ2) is 7.30. The quantitative estimate of drug-likeness (QED) is 0.419. The molecule has 7 nitrogen and oxygen atoms in total. The minimum atomic E-state index is -0.873. The van der Waals surface area contributed by atoms with Gasteiger partial charge in [-0.15, -0.1) is 0 Å². The molecule has 0 spiro atoms. The van der Waals surface area contributed by atoms with E-state index in [4.69, 9.17) is 0 Å². The molecule has 0 N–H and O–H groups in total. The van der Waals surface area contributed by atoms with Crippen LogP contribution in [0.25, 0.3) is 0 Å². The minimum absolute atomic E-state index is 0.0482. The van der Waals surface area contributed by atoms with Gasteiger partial charge in [0.15, 0.2) is 0 Å². The summed E-state index contributed by atoms with van der Waals surface area (Å²) < 4.78 is 0. The number of nitro groups is 2. The van der Waals surface area contributed by atoms with Crippen LogP contribution in [0.15, 0.2) is 35.2 Å². The second-order valence-corrected chi connectivity index (χ2v) is 4.43. The molecular formula is C12H19N3O4. The van der Waals surface area contributed by atoms with Crippen LogP contribution in [-0.4, -0.2) is 34.9 Å². The van der Waals surface area contributed by atoms with Crippen LogP contribution in [0.3, 0.4) is 0 Å². The average molecular weight is 269 g/mol. The first-order valence-corrected chi connectivity index (χ1v) is 5.68. The zero-order valence-corrected chi connectivity index (χ0v) is 11.8. The van der Waals surface area contributed by atoms with Gasteiger partial charge in [0.05, 0.1) is 4.92 Å². The highest BCUT2D eigenvalue weighted by Crippen LogP contribution is 2.14. The van der Waals surface area contributed by atoms with Gasteiger partial charge in [0.25, 0.3) is 0 Å². The predicted molar refractivity (Wildman–Crippen MR) is 72.7 cm³/mol. The highest BCUT2D eigenvalue weighted by atomic mass is 16.6. The second-order valence-electron chi connectivity index (χ2n) is 4.43. The van der Waals surface area contributed by atoms with Gasteiger partial charge in [-0.2, -0.15) is 0 Å². The molecule has 7 heteroatoms. The van der Waals surface area contributed by atoms with E-state index in [9.17, 15) is 20.2 Å². The maximum absolute atomic E-state index is 10.8. The molecule has 0 heterocycles. The molecule has 0 saturated heterocycles. The van der Waals surface area contributed by atoms with Crippen LogP contribution >= 0.6 is 0 Å². The van der Waals surface area contributed by atoms with E-state index in [0.29, 0.717) is 11.1 Å². The largest absolute Gasteiger partial charge is 0.383 e. The molecular weight excluding hydrogens is 250 g/mol.